The Morgan fingerprint density at radius 3 is 2.19 bits per heavy atom. The first kappa shape index (κ1) is 19.0. The molecule has 0 fully saturated rings. The van der Waals surface area contributed by atoms with Crippen LogP contribution in [0.2, 0.25) is 0 Å². The van der Waals surface area contributed by atoms with Crippen molar-refractivity contribution < 1.29 is 4.74 Å². The average Bonchev–Trinajstić information content (AvgIpc) is 2.74. The van der Waals surface area contributed by atoms with Crippen LogP contribution < -0.4 is 15.4 Å². The lowest BCUT2D eigenvalue weighted by molar-refractivity contribution is 0.307. The summed E-state index contributed by atoms with van der Waals surface area (Å²) in [4.78, 5) is 0. The highest BCUT2D eigenvalue weighted by atomic mass is 16.5. The van der Waals surface area contributed by atoms with Crippen LogP contribution in [0, 0.1) is 0 Å². The van der Waals surface area contributed by atoms with Crippen molar-refractivity contribution in [1.82, 2.24) is 5.32 Å². The number of anilines is 1. The first-order valence-corrected chi connectivity index (χ1v) is 9.64. The Morgan fingerprint density at radius 1 is 0.778 bits per heavy atom. The van der Waals surface area contributed by atoms with Crippen LogP contribution >= 0.6 is 0 Å². The number of rotatable bonds is 10. The second-order valence-electron chi connectivity index (χ2n) is 6.52. The van der Waals surface area contributed by atoms with Gasteiger partial charge in [-0.25, -0.2) is 0 Å². The van der Waals surface area contributed by atoms with Gasteiger partial charge >= 0.3 is 0 Å². The predicted molar refractivity (Wildman–Crippen MR) is 113 cm³/mol. The molecule has 0 aliphatic rings. The molecule has 0 aromatic heterocycles. The average molecular weight is 361 g/mol. The highest BCUT2D eigenvalue weighted by molar-refractivity contribution is 5.56. The molecular weight excluding hydrogens is 332 g/mol. The maximum Gasteiger partial charge on any atom is 0.142 e. The predicted octanol–water partition coefficient (Wildman–Crippen LogP) is 5.42. The van der Waals surface area contributed by atoms with E-state index in [2.05, 4.69) is 66.1 Å². The van der Waals surface area contributed by atoms with Gasteiger partial charge in [-0.1, -0.05) is 79.7 Å². The van der Waals surface area contributed by atoms with Crippen LogP contribution in [0.3, 0.4) is 0 Å². The number of hydrogen-bond donors (Lipinski definition) is 2. The fourth-order valence-corrected chi connectivity index (χ4v) is 3.10. The van der Waals surface area contributed by atoms with E-state index in [4.69, 9.17) is 4.74 Å². The minimum atomic E-state index is 0.387. The smallest absolute Gasteiger partial charge is 0.142 e. The molecule has 3 aromatic rings. The molecular formula is C24H28N2O. The monoisotopic (exact) mass is 360 g/mol. The van der Waals surface area contributed by atoms with Crippen molar-refractivity contribution in [3.63, 3.8) is 0 Å². The zero-order chi connectivity index (χ0) is 18.7. The van der Waals surface area contributed by atoms with Crippen molar-refractivity contribution >= 4 is 5.69 Å². The van der Waals surface area contributed by atoms with Gasteiger partial charge in [0.1, 0.15) is 12.4 Å². The van der Waals surface area contributed by atoms with Gasteiger partial charge in [0.25, 0.3) is 0 Å². The van der Waals surface area contributed by atoms with Gasteiger partial charge in [0.15, 0.2) is 0 Å². The molecule has 140 valence electrons. The van der Waals surface area contributed by atoms with Crippen molar-refractivity contribution in [2.24, 2.45) is 0 Å². The Balaban J connectivity index is 1.49. The summed E-state index contributed by atoms with van der Waals surface area (Å²) in [6, 6.07) is 29.4. The standard InChI is InChI=1S/C24H28N2O/c1-2-22(21-13-7-4-8-14-21)25-17-18-26-23-15-9-10-16-24(23)27-19-20-11-5-3-6-12-20/h3-16,22,25-26H,2,17-19H2,1H3. The van der Waals surface area contributed by atoms with Gasteiger partial charge in [0.05, 0.1) is 5.69 Å². The third-order valence-corrected chi connectivity index (χ3v) is 4.57. The minimum Gasteiger partial charge on any atom is -0.487 e. The van der Waals surface area contributed by atoms with Gasteiger partial charge in [-0.05, 0) is 29.7 Å². The number of nitrogens with one attached hydrogen (secondary N) is 2. The fourth-order valence-electron chi connectivity index (χ4n) is 3.10. The quantitative estimate of drug-likeness (QED) is 0.474. The Hall–Kier alpha value is -2.78. The van der Waals surface area contributed by atoms with Crippen LogP contribution in [0.15, 0.2) is 84.9 Å². The number of ether oxygens (including phenoxy) is 1. The van der Waals surface area contributed by atoms with Crippen LogP contribution in [-0.2, 0) is 6.61 Å². The van der Waals surface area contributed by atoms with Crippen LogP contribution in [0.5, 0.6) is 5.75 Å². The number of para-hydroxylation sites is 2. The molecule has 3 rings (SSSR count). The molecule has 3 heteroatoms. The molecule has 0 heterocycles. The zero-order valence-electron chi connectivity index (χ0n) is 15.9. The Bertz CT molecular complexity index is 790. The van der Waals surface area contributed by atoms with E-state index < -0.39 is 0 Å². The van der Waals surface area contributed by atoms with Gasteiger partial charge in [-0.2, -0.15) is 0 Å². The van der Waals surface area contributed by atoms with E-state index in [0.717, 1.165) is 30.9 Å². The van der Waals surface area contributed by atoms with E-state index in [1.165, 1.54) is 11.1 Å². The lowest BCUT2D eigenvalue weighted by atomic mass is 10.0. The zero-order valence-corrected chi connectivity index (χ0v) is 15.9. The molecule has 0 amide bonds. The lowest BCUT2D eigenvalue weighted by Gasteiger charge is -2.18. The van der Waals surface area contributed by atoms with Gasteiger partial charge < -0.3 is 15.4 Å². The normalized spacial score (nSPS) is 11.7. The molecule has 1 unspecified atom stereocenters. The van der Waals surface area contributed by atoms with Gasteiger partial charge in [0.2, 0.25) is 0 Å². The Labute approximate surface area is 162 Å². The molecule has 3 nitrogen and oxygen atoms in total. The van der Waals surface area contributed by atoms with Gasteiger partial charge in [-0.15, -0.1) is 0 Å². The summed E-state index contributed by atoms with van der Waals surface area (Å²) in [6.07, 6.45) is 1.07. The molecule has 0 aliphatic carbocycles. The summed E-state index contributed by atoms with van der Waals surface area (Å²) in [7, 11) is 0. The summed E-state index contributed by atoms with van der Waals surface area (Å²) < 4.78 is 6.01. The fraction of sp³-hybridized carbons (Fsp3) is 0.250. The first-order chi connectivity index (χ1) is 13.4. The largest absolute Gasteiger partial charge is 0.487 e. The topological polar surface area (TPSA) is 33.3 Å². The van der Waals surface area contributed by atoms with E-state index in [-0.39, 0.29) is 0 Å². The van der Waals surface area contributed by atoms with Gasteiger partial charge in [0, 0.05) is 19.1 Å². The molecule has 0 bridgehead atoms. The molecule has 27 heavy (non-hydrogen) atoms. The maximum atomic E-state index is 6.01. The first-order valence-electron chi connectivity index (χ1n) is 9.64. The molecule has 0 radical (unpaired) electrons. The third kappa shape index (κ3) is 5.87. The number of hydrogen-bond acceptors (Lipinski definition) is 3. The molecule has 3 aromatic carbocycles. The highest BCUT2D eigenvalue weighted by Crippen LogP contribution is 2.24. The summed E-state index contributed by atoms with van der Waals surface area (Å²) in [5.41, 5.74) is 3.54. The lowest BCUT2D eigenvalue weighted by Crippen LogP contribution is -2.26. The van der Waals surface area contributed by atoms with E-state index in [9.17, 15) is 0 Å². The Kier molecular flexibility index (Phi) is 7.31. The summed E-state index contributed by atoms with van der Waals surface area (Å²) in [5, 5.41) is 7.12. The summed E-state index contributed by atoms with van der Waals surface area (Å²) in [5.74, 6) is 0.886. The SMILES string of the molecule is CCC(NCCNc1ccccc1OCc1ccccc1)c1ccccc1. The molecule has 0 saturated heterocycles. The highest BCUT2D eigenvalue weighted by Gasteiger charge is 2.08. The van der Waals surface area contributed by atoms with E-state index in [1.54, 1.807) is 0 Å². The van der Waals surface area contributed by atoms with E-state index >= 15 is 0 Å². The van der Waals surface area contributed by atoms with Crippen LogP contribution in [0.4, 0.5) is 5.69 Å². The maximum absolute atomic E-state index is 6.01. The second-order valence-corrected chi connectivity index (χ2v) is 6.52. The third-order valence-electron chi connectivity index (χ3n) is 4.57. The van der Waals surface area contributed by atoms with Crippen LogP contribution in [-0.4, -0.2) is 13.1 Å². The summed E-state index contributed by atoms with van der Waals surface area (Å²) >= 11 is 0. The summed E-state index contributed by atoms with van der Waals surface area (Å²) in [6.45, 7) is 4.52. The van der Waals surface area contributed by atoms with Crippen LogP contribution in [0.25, 0.3) is 0 Å². The second kappa shape index (κ2) is 10.4. The molecule has 1 atom stereocenters. The van der Waals surface area contributed by atoms with Crippen molar-refractivity contribution in [1.29, 1.82) is 0 Å². The van der Waals surface area contributed by atoms with E-state index in [1.807, 2.05) is 36.4 Å². The van der Waals surface area contributed by atoms with Crippen molar-refractivity contribution in [2.45, 2.75) is 26.0 Å². The van der Waals surface area contributed by atoms with Gasteiger partial charge in [-0.3, -0.25) is 0 Å². The van der Waals surface area contributed by atoms with Crippen molar-refractivity contribution in [3.05, 3.63) is 96.1 Å². The molecule has 0 spiro atoms. The Morgan fingerprint density at radius 2 is 1.44 bits per heavy atom. The van der Waals surface area contributed by atoms with Crippen LogP contribution in [0.1, 0.15) is 30.5 Å². The van der Waals surface area contributed by atoms with Crippen molar-refractivity contribution in [2.75, 3.05) is 18.4 Å². The van der Waals surface area contributed by atoms with E-state index in [0.29, 0.717) is 12.6 Å². The van der Waals surface area contributed by atoms with Crippen molar-refractivity contribution in [3.8, 4) is 5.75 Å². The number of benzene rings is 3. The molecule has 0 aliphatic heterocycles. The molecule has 0 saturated carbocycles. The molecule has 2 N–H and O–H groups in total. The minimum absolute atomic E-state index is 0.387.